The van der Waals surface area contributed by atoms with Crippen molar-refractivity contribution in [2.75, 3.05) is 7.11 Å². The molecule has 0 bridgehead atoms. The Labute approximate surface area is 111 Å². The number of carboxylic acid groups (broad SMARTS) is 1. The van der Waals surface area contributed by atoms with E-state index in [0.29, 0.717) is 18.1 Å². The highest BCUT2D eigenvalue weighted by molar-refractivity contribution is 5.87. The van der Waals surface area contributed by atoms with E-state index < -0.39 is 5.97 Å². The lowest BCUT2D eigenvalue weighted by Crippen LogP contribution is -1.95. The molecule has 0 heterocycles. The molecule has 0 saturated carbocycles. The molecule has 1 N–H and O–H groups in total. The fraction of sp³-hybridized carbons (Fsp3) is 0.133. The Bertz CT molecular complexity index is 543. The van der Waals surface area contributed by atoms with Gasteiger partial charge in [0.1, 0.15) is 11.5 Å². The Kier molecular flexibility index (Phi) is 4.15. The molecule has 0 amide bonds. The minimum Gasteiger partial charge on any atom is -0.478 e. The molecule has 4 nitrogen and oxygen atoms in total. The summed E-state index contributed by atoms with van der Waals surface area (Å²) in [5, 5.41) is 8.79. The first-order valence-corrected chi connectivity index (χ1v) is 5.78. The van der Waals surface area contributed by atoms with Gasteiger partial charge in [0.15, 0.2) is 0 Å². The normalized spacial score (nSPS) is 10.2. The quantitative estimate of drug-likeness (QED) is 0.893. The second-order valence-electron chi connectivity index (χ2n) is 4.01. The number of hydrogen-bond acceptors (Lipinski definition) is 3. The summed E-state index contributed by atoms with van der Waals surface area (Å²) in [4.78, 5) is 10.7. The molecule has 0 fully saturated rings. The van der Waals surface area contributed by atoms with Crippen LogP contribution in [-0.2, 0) is 11.3 Å². The summed E-state index contributed by atoms with van der Waals surface area (Å²) in [6.07, 6.45) is 0. The van der Waals surface area contributed by atoms with Crippen LogP contribution in [-0.4, -0.2) is 18.2 Å². The van der Waals surface area contributed by atoms with Gasteiger partial charge in [0, 0.05) is 7.11 Å². The predicted molar refractivity (Wildman–Crippen MR) is 70.6 cm³/mol. The zero-order chi connectivity index (χ0) is 13.7. The van der Waals surface area contributed by atoms with Crippen molar-refractivity contribution in [1.29, 1.82) is 0 Å². The third-order valence-corrected chi connectivity index (χ3v) is 2.57. The number of ether oxygens (including phenoxy) is 2. The van der Waals surface area contributed by atoms with Crippen LogP contribution in [0.15, 0.2) is 48.5 Å². The summed E-state index contributed by atoms with van der Waals surface area (Å²) in [7, 11) is 1.65. The monoisotopic (exact) mass is 258 g/mol. The fourth-order valence-electron chi connectivity index (χ4n) is 1.62. The summed E-state index contributed by atoms with van der Waals surface area (Å²) in [6, 6.07) is 13.8. The lowest BCUT2D eigenvalue weighted by Gasteiger charge is -2.07. The average molecular weight is 258 g/mol. The van der Waals surface area contributed by atoms with E-state index in [1.54, 1.807) is 19.2 Å². The van der Waals surface area contributed by atoms with Crippen molar-refractivity contribution in [3.63, 3.8) is 0 Å². The van der Waals surface area contributed by atoms with E-state index in [-0.39, 0.29) is 5.56 Å². The van der Waals surface area contributed by atoms with E-state index in [2.05, 4.69) is 0 Å². The summed E-state index contributed by atoms with van der Waals surface area (Å²) in [5.41, 5.74) is 1.30. The number of methoxy groups -OCH3 is 1. The number of rotatable bonds is 5. The van der Waals surface area contributed by atoms with Crippen LogP contribution in [0, 0.1) is 0 Å². The van der Waals surface area contributed by atoms with Gasteiger partial charge < -0.3 is 14.6 Å². The van der Waals surface area contributed by atoms with Gasteiger partial charge in [-0.05, 0) is 42.0 Å². The molecular weight excluding hydrogens is 244 g/mol. The van der Waals surface area contributed by atoms with Crippen molar-refractivity contribution in [1.82, 2.24) is 0 Å². The van der Waals surface area contributed by atoms with Crippen molar-refractivity contribution < 1.29 is 19.4 Å². The molecule has 0 saturated heterocycles. The van der Waals surface area contributed by atoms with E-state index in [1.165, 1.54) is 12.1 Å². The van der Waals surface area contributed by atoms with Crippen molar-refractivity contribution in [2.24, 2.45) is 0 Å². The number of hydrogen-bond donors (Lipinski definition) is 1. The molecular formula is C15H14O4. The zero-order valence-electron chi connectivity index (χ0n) is 10.5. The summed E-state index contributed by atoms with van der Waals surface area (Å²) in [5.74, 6) is 0.350. The van der Waals surface area contributed by atoms with E-state index in [0.717, 1.165) is 5.56 Å². The van der Waals surface area contributed by atoms with Gasteiger partial charge in [-0.15, -0.1) is 0 Å². The summed E-state index contributed by atoms with van der Waals surface area (Å²) < 4.78 is 10.6. The molecule has 0 unspecified atom stereocenters. The third-order valence-electron chi connectivity index (χ3n) is 2.57. The van der Waals surface area contributed by atoms with Gasteiger partial charge >= 0.3 is 5.97 Å². The SMILES string of the molecule is COCc1ccc(Oc2ccc(C(=O)O)cc2)cc1. The van der Waals surface area contributed by atoms with Crippen LogP contribution in [0.5, 0.6) is 11.5 Å². The van der Waals surface area contributed by atoms with Gasteiger partial charge in [-0.2, -0.15) is 0 Å². The van der Waals surface area contributed by atoms with Crippen LogP contribution in [0.25, 0.3) is 0 Å². The van der Waals surface area contributed by atoms with Gasteiger partial charge in [0.2, 0.25) is 0 Å². The Balaban J connectivity index is 2.06. The number of carboxylic acids is 1. The number of aromatic carboxylic acids is 1. The molecule has 0 aliphatic rings. The largest absolute Gasteiger partial charge is 0.478 e. The first kappa shape index (κ1) is 13.1. The molecule has 98 valence electrons. The van der Waals surface area contributed by atoms with Crippen molar-refractivity contribution in [3.05, 3.63) is 59.7 Å². The van der Waals surface area contributed by atoms with Crippen LogP contribution < -0.4 is 4.74 Å². The van der Waals surface area contributed by atoms with Crippen LogP contribution in [0.1, 0.15) is 15.9 Å². The molecule has 0 aliphatic carbocycles. The molecule has 0 atom stereocenters. The number of benzene rings is 2. The molecule has 2 rings (SSSR count). The maximum Gasteiger partial charge on any atom is 0.335 e. The second-order valence-corrected chi connectivity index (χ2v) is 4.01. The minimum absolute atomic E-state index is 0.239. The van der Waals surface area contributed by atoms with Gasteiger partial charge in [-0.3, -0.25) is 0 Å². The highest BCUT2D eigenvalue weighted by Crippen LogP contribution is 2.22. The van der Waals surface area contributed by atoms with Crippen molar-refractivity contribution >= 4 is 5.97 Å². The lowest BCUT2D eigenvalue weighted by molar-refractivity contribution is 0.0697. The standard InChI is InChI=1S/C15H14O4/c1-18-10-11-2-6-13(7-3-11)19-14-8-4-12(5-9-14)15(16)17/h2-9H,10H2,1H3,(H,16,17). The van der Waals surface area contributed by atoms with Crippen LogP contribution in [0.3, 0.4) is 0 Å². The van der Waals surface area contributed by atoms with Gasteiger partial charge in [0.05, 0.1) is 12.2 Å². The van der Waals surface area contributed by atoms with E-state index in [1.807, 2.05) is 24.3 Å². The lowest BCUT2D eigenvalue weighted by atomic mass is 10.2. The van der Waals surface area contributed by atoms with E-state index in [9.17, 15) is 4.79 Å². The highest BCUT2D eigenvalue weighted by Gasteiger charge is 2.03. The molecule has 19 heavy (non-hydrogen) atoms. The zero-order valence-corrected chi connectivity index (χ0v) is 10.5. The summed E-state index contributed by atoms with van der Waals surface area (Å²) in [6.45, 7) is 0.563. The Morgan fingerprint density at radius 3 is 2.00 bits per heavy atom. The second kappa shape index (κ2) is 6.02. The minimum atomic E-state index is -0.949. The first-order chi connectivity index (χ1) is 9.19. The predicted octanol–water partition coefficient (Wildman–Crippen LogP) is 3.32. The summed E-state index contributed by atoms with van der Waals surface area (Å²) >= 11 is 0. The maximum atomic E-state index is 10.7. The Hall–Kier alpha value is -2.33. The smallest absolute Gasteiger partial charge is 0.335 e. The molecule has 0 aromatic heterocycles. The molecule has 2 aromatic carbocycles. The molecule has 0 radical (unpaired) electrons. The van der Waals surface area contributed by atoms with Gasteiger partial charge in [0.25, 0.3) is 0 Å². The van der Waals surface area contributed by atoms with Crippen LogP contribution in [0.4, 0.5) is 0 Å². The molecule has 4 heteroatoms. The molecule has 2 aromatic rings. The average Bonchev–Trinajstić information content (AvgIpc) is 2.42. The molecule has 0 spiro atoms. The van der Waals surface area contributed by atoms with Gasteiger partial charge in [-0.25, -0.2) is 4.79 Å². The third kappa shape index (κ3) is 3.56. The Morgan fingerprint density at radius 1 is 1.00 bits per heavy atom. The van der Waals surface area contributed by atoms with Crippen LogP contribution in [0.2, 0.25) is 0 Å². The van der Waals surface area contributed by atoms with E-state index in [4.69, 9.17) is 14.6 Å². The maximum absolute atomic E-state index is 10.7. The number of carbonyl (C=O) groups is 1. The van der Waals surface area contributed by atoms with Crippen molar-refractivity contribution in [2.45, 2.75) is 6.61 Å². The topological polar surface area (TPSA) is 55.8 Å². The first-order valence-electron chi connectivity index (χ1n) is 5.78. The van der Waals surface area contributed by atoms with Crippen molar-refractivity contribution in [3.8, 4) is 11.5 Å². The van der Waals surface area contributed by atoms with Crippen LogP contribution >= 0.6 is 0 Å². The van der Waals surface area contributed by atoms with E-state index >= 15 is 0 Å². The fourth-order valence-corrected chi connectivity index (χ4v) is 1.62. The molecule has 0 aliphatic heterocycles. The highest BCUT2D eigenvalue weighted by atomic mass is 16.5. The van der Waals surface area contributed by atoms with Gasteiger partial charge in [-0.1, -0.05) is 12.1 Å². The Morgan fingerprint density at radius 2 is 1.53 bits per heavy atom.